The number of likely N-dealkylation sites (N-methyl/N-ethyl adjacent to an activating group) is 1. The molecule has 0 bridgehead atoms. The quantitative estimate of drug-likeness (QED) is 0.714. The highest BCUT2D eigenvalue weighted by atomic mass is 32.2. The highest BCUT2D eigenvalue weighted by Gasteiger charge is 2.44. The minimum atomic E-state index is -5.02. The molecule has 1 heterocycles. The Morgan fingerprint density at radius 3 is 2.54 bits per heavy atom. The van der Waals surface area contributed by atoms with Crippen LogP contribution in [0, 0.1) is 5.82 Å². The van der Waals surface area contributed by atoms with Crippen molar-refractivity contribution in [2.75, 3.05) is 18.7 Å². The average molecular weight is 412 g/mol. The number of thioether (sulfide) groups is 1. The monoisotopic (exact) mass is 412 g/mol. The van der Waals surface area contributed by atoms with Crippen molar-refractivity contribution < 1.29 is 30.8 Å². The van der Waals surface area contributed by atoms with Crippen molar-refractivity contribution in [2.24, 2.45) is 0 Å². The van der Waals surface area contributed by atoms with E-state index in [1.54, 1.807) is 7.05 Å². The maximum Gasteiger partial charge on any atom is 0.419 e. The average Bonchev–Trinajstić information content (AvgIpc) is 3.28. The Kier molecular flexibility index (Phi) is 4.99. The molecule has 2 fully saturated rings. The third-order valence-corrected chi connectivity index (χ3v) is 7.45. The van der Waals surface area contributed by atoms with Gasteiger partial charge in [-0.1, -0.05) is 0 Å². The zero-order valence-electron chi connectivity index (χ0n) is 13.7. The highest BCUT2D eigenvalue weighted by molar-refractivity contribution is 8.00. The molecule has 3 rings (SSSR count). The van der Waals surface area contributed by atoms with Gasteiger partial charge in [0.1, 0.15) is 11.9 Å². The normalized spacial score (nSPS) is 21.8. The lowest BCUT2D eigenvalue weighted by molar-refractivity contribution is -0.140. The summed E-state index contributed by atoms with van der Waals surface area (Å²) in [6.45, 7) is 0. The van der Waals surface area contributed by atoms with E-state index in [0.29, 0.717) is 6.07 Å². The van der Waals surface area contributed by atoms with E-state index in [2.05, 4.69) is 0 Å². The molecule has 5 nitrogen and oxygen atoms in total. The Hall–Kier alpha value is -1.33. The Morgan fingerprint density at radius 1 is 1.31 bits per heavy atom. The highest BCUT2D eigenvalue weighted by Crippen LogP contribution is 2.36. The summed E-state index contributed by atoms with van der Waals surface area (Å²) >= 11 is 1.21. The van der Waals surface area contributed by atoms with Crippen molar-refractivity contribution >= 4 is 27.7 Å². The van der Waals surface area contributed by atoms with Gasteiger partial charge in [-0.15, -0.1) is 11.8 Å². The fraction of sp³-hybridized carbons (Fsp3) is 0.533. The number of alkyl halides is 3. The van der Waals surface area contributed by atoms with Crippen LogP contribution in [0.1, 0.15) is 18.4 Å². The molecule has 2 aliphatic rings. The van der Waals surface area contributed by atoms with E-state index in [1.165, 1.54) is 16.7 Å². The minimum absolute atomic E-state index is 0.0457. The first kappa shape index (κ1) is 19.4. The molecular weight excluding hydrogens is 396 g/mol. The van der Waals surface area contributed by atoms with Crippen molar-refractivity contribution in [1.29, 1.82) is 0 Å². The molecule has 1 unspecified atom stereocenters. The van der Waals surface area contributed by atoms with E-state index in [4.69, 9.17) is 0 Å². The van der Waals surface area contributed by atoms with E-state index >= 15 is 0 Å². The van der Waals surface area contributed by atoms with Gasteiger partial charge in [-0.3, -0.25) is 4.79 Å². The third kappa shape index (κ3) is 3.56. The molecule has 1 saturated carbocycles. The van der Waals surface area contributed by atoms with Gasteiger partial charge >= 0.3 is 6.18 Å². The molecule has 144 valence electrons. The summed E-state index contributed by atoms with van der Waals surface area (Å²) in [6, 6.07) is 0.649. The number of amides is 1. The molecule has 1 aliphatic heterocycles. The van der Waals surface area contributed by atoms with E-state index in [0.717, 1.165) is 23.2 Å². The third-order valence-electron chi connectivity index (χ3n) is 4.42. The summed E-state index contributed by atoms with van der Waals surface area (Å²) in [5, 5.41) is 0. The van der Waals surface area contributed by atoms with Crippen LogP contribution in [-0.2, 0) is 21.0 Å². The van der Waals surface area contributed by atoms with Gasteiger partial charge in [0.25, 0.3) is 0 Å². The lowest BCUT2D eigenvalue weighted by Gasteiger charge is -2.27. The molecule has 26 heavy (non-hydrogen) atoms. The number of benzene rings is 1. The zero-order valence-corrected chi connectivity index (χ0v) is 15.3. The SMILES string of the molecule is CN(C(=O)C1CSCN1S(=O)(=O)c1ccc(F)c(C(F)(F)F)c1)C1CC1. The number of nitrogens with zero attached hydrogens (tertiary/aromatic N) is 2. The van der Waals surface area contributed by atoms with E-state index < -0.39 is 38.5 Å². The predicted octanol–water partition coefficient (Wildman–Crippen LogP) is 2.53. The van der Waals surface area contributed by atoms with E-state index in [-0.39, 0.29) is 29.6 Å². The summed E-state index contributed by atoms with van der Waals surface area (Å²) in [6.07, 6.45) is -3.32. The second kappa shape index (κ2) is 6.68. The first-order valence-electron chi connectivity index (χ1n) is 7.76. The molecular formula is C15H16F4N2O3S2. The van der Waals surface area contributed by atoms with Gasteiger partial charge in [-0.2, -0.15) is 17.5 Å². The van der Waals surface area contributed by atoms with Crippen LogP contribution in [0.5, 0.6) is 0 Å². The van der Waals surface area contributed by atoms with E-state index in [9.17, 15) is 30.8 Å². The van der Waals surface area contributed by atoms with Gasteiger partial charge in [0.15, 0.2) is 0 Å². The zero-order chi connectivity index (χ0) is 19.3. The van der Waals surface area contributed by atoms with Gasteiger partial charge in [-0.05, 0) is 31.0 Å². The summed E-state index contributed by atoms with van der Waals surface area (Å²) in [5.41, 5.74) is -1.65. The van der Waals surface area contributed by atoms with E-state index in [1.807, 2.05) is 0 Å². The molecule has 1 aromatic rings. The Bertz CT molecular complexity index is 825. The minimum Gasteiger partial charge on any atom is -0.341 e. The lowest BCUT2D eigenvalue weighted by atomic mass is 10.2. The Labute approximate surface area is 152 Å². The molecule has 1 aromatic carbocycles. The molecule has 1 amide bonds. The van der Waals surface area contributed by atoms with Gasteiger partial charge in [0, 0.05) is 18.8 Å². The maximum absolute atomic E-state index is 13.4. The number of carbonyl (C=O) groups is 1. The van der Waals surface area contributed by atoms with Crippen molar-refractivity contribution in [1.82, 2.24) is 9.21 Å². The Balaban J connectivity index is 1.93. The number of sulfonamides is 1. The van der Waals surface area contributed by atoms with Crippen LogP contribution in [-0.4, -0.2) is 54.3 Å². The second-order valence-electron chi connectivity index (χ2n) is 6.23. The van der Waals surface area contributed by atoms with Crippen LogP contribution in [0.15, 0.2) is 23.1 Å². The van der Waals surface area contributed by atoms with Crippen molar-refractivity contribution in [3.05, 3.63) is 29.6 Å². The van der Waals surface area contributed by atoms with Crippen molar-refractivity contribution in [2.45, 2.75) is 36.0 Å². The van der Waals surface area contributed by atoms with Crippen LogP contribution in [0.4, 0.5) is 17.6 Å². The largest absolute Gasteiger partial charge is 0.419 e. The van der Waals surface area contributed by atoms with Crippen LogP contribution < -0.4 is 0 Å². The first-order chi connectivity index (χ1) is 12.0. The molecule has 0 aromatic heterocycles. The number of rotatable bonds is 4. The molecule has 1 saturated heterocycles. The van der Waals surface area contributed by atoms with Gasteiger partial charge in [0.2, 0.25) is 15.9 Å². The second-order valence-corrected chi connectivity index (χ2v) is 9.12. The number of halogens is 4. The number of hydrogen-bond donors (Lipinski definition) is 0. The molecule has 0 radical (unpaired) electrons. The predicted molar refractivity (Wildman–Crippen MR) is 87.3 cm³/mol. The van der Waals surface area contributed by atoms with Crippen LogP contribution in [0.25, 0.3) is 0 Å². The standard InChI is InChI=1S/C15H16F4N2O3S2/c1-20(9-2-3-9)14(22)13-7-25-8-21(13)26(23,24)10-4-5-12(16)11(6-10)15(17,18)19/h4-6,9,13H,2-3,7-8H2,1H3. The fourth-order valence-electron chi connectivity index (χ4n) is 2.75. The van der Waals surface area contributed by atoms with Crippen LogP contribution in [0.2, 0.25) is 0 Å². The summed E-state index contributed by atoms with van der Waals surface area (Å²) in [4.78, 5) is 13.4. The lowest BCUT2D eigenvalue weighted by Crippen LogP contribution is -2.48. The Morgan fingerprint density at radius 2 is 1.96 bits per heavy atom. The van der Waals surface area contributed by atoms with Gasteiger partial charge in [-0.25, -0.2) is 12.8 Å². The molecule has 0 N–H and O–H groups in total. The van der Waals surface area contributed by atoms with Crippen molar-refractivity contribution in [3.63, 3.8) is 0 Å². The summed E-state index contributed by atoms with van der Waals surface area (Å²) in [5.74, 6) is -1.74. The van der Waals surface area contributed by atoms with Crippen LogP contribution in [0.3, 0.4) is 0 Å². The number of hydrogen-bond acceptors (Lipinski definition) is 4. The van der Waals surface area contributed by atoms with Crippen LogP contribution >= 0.6 is 11.8 Å². The number of carbonyl (C=O) groups excluding carboxylic acids is 1. The first-order valence-corrected chi connectivity index (χ1v) is 10.4. The molecule has 0 spiro atoms. The van der Waals surface area contributed by atoms with Gasteiger partial charge < -0.3 is 4.90 Å². The summed E-state index contributed by atoms with van der Waals surface area (Å²) in [7, 11) is -2.78. The molecule has 1 atom stereocenters. The maximum atomic E-state index is 13.4. The van der Waals surface area contributed by atoms with Gasteiger partial charge in [0.05, 0.1) is 16.3 Å². The molecule has 1 aliphatic carbocycles. The smallest absolute Gasteiger partial charge is 0.341 e. The van der Waals surface area contributed by atoms with Crippen molar-refractivity contribution in [3.8, 4) is 0 Å². The fourth-order valence-corrected chi connectivity index (χ4v) is 5.91. The molecule has 11 heteroatoms. The summed E-state index contributed by atoms with van der Waals surface area (Å²) < 4.78 is 78.6. The topological polar surface area (TPSA) is 57.7 Å².